The number of benzene rings is 1. The van der Waals surface area contributed by atoms with Crippen LogP contribution in [-0.4, -0.2) is 24.2 Å². The molecule has 21 heavy (non-hydrogen) atoms. The van der Waals surface area contributed by atoms with Gasteiger partial charge >= 0.3 is 5.97 Å². The summed E-state index contributed by atoms with van der Waals surface area (Å²) in [5.74, 6) is 0.283. The molecule has 1 aromatic rings. The normalized spacial score (nSPS) is 25.0. The fourth-order valence-corrected chi connectivity index (χ4v) is 3.15. The molecule has 2 atom stereocenters. The Kier molecular flexibility index (Phi) is 4.09. The fourth-order valence-electron chi connectivity index (χ4n) is 2.81. The maximum absolute atomic E-state index is 11.1. The van der Waals surface area contributed by atoms with Gasteiger partial charge in [0.15, 0.2) is 0 Å². The van der Waals surface area contributed by atoms with Crippen LogP contribution in [0.25, 0.3) is 0 Å². The number of carboxylic acid groups (broad SMARTS) is 1. The van der Waals surface area contributed by atoms with E-state index in [0.717, 1.165) is 16.9 Å². The molecule has 0 bridgehead atoms. The van der Waals surface area contributed by atoms with Crippen molar-refractivity contribution in [3.8, 4) is 5.75 Å². The van der Waals surface area contributed by atoms with Crippen molar-refractivity contribution in [3.05, 3.63) is 28.3 Å². The quantitative estimate of drug-likeness (QED) is 0.877. The van der Waals surface area contributed by atoms with Crippen molar-refractivity contribution in [1.82, 2.24) is 5.32 Å². The highest BCUT2D eigenvalue weighted by molar-refractivity contribution is 6.32. The minimum atomic E-state index is -0.746. The number of nitrogens with one attached hydrogen (secondary N) is 1. The Hall–Kier alpha value is -1.26. The van der Waals surface area contributed by atoms with Gasteiger partial charge in [-0.3, -0.25) is 4.79 Å². The van der Waals surface area contributed by atoms with E-state index in [9.17, 15) is 4.79 Å². The maximum Gasteiger partial charge on any atom is 0.307 e. The van der Waals surface area contributed by atoms with Crippen molar-refractivity contribution >= 4 is 17.6 Å². The molecule has 2 fully saturated rings. The number of halogens is 1. The highest BCUT2D eigenvalue weighted by Crippen LogP contribution is 2.40. The van der Waals surface area contributed by atoms with Gasteiger partial charge < -0.3 is 15.2 Å². The average molecular weight is 310 g/mol. The van der Waals surface area contributed by atoms with Gasteiger partial charge in [0.1, 0.15) is 5.75 Å². The number of hydrogen-bond acceptors (Lipinski definition) is 3. The Balaban J connectivity index is 1.83. The summed E-state index contributed by atoms with van der Waals surface area (Å²) in [6.07, 6.45) is 3.03. The van der Waals surface area contributed by atoms with Crippen molar-refractivity contribution in [2.45, 2.75) is 32.2 Å². The van der Waals surface area contributed by atoms with E-state index in [2.05, 4.69) is 11.4 Å². The van der Waals surface area contributed by atoms with Gasteiger partial charge in [0, 0.05) is 18.2 Å². The van der Waals surface area contributed by atoms with Crippen LogP contribution in [0.4, 0.5) is 0 Å². The van der Waals surface area contributed by atoms with Crippen LogP contribution in [0.15, 0.2) is 12.1 Å². The molecule has 4 nitrogen and oxygen atoms in total. The van der Waals surface area contributed by atoms with Gasteiger partial charge in [-0.15, -0.1) is 0 Å². The molecule has 0 spiro atoms. The van der Waals surface area contributed by atoms with Gasteiger partial charge in [0.2, 0.25) is 0 Å². The molecule has 2 N–H and O–H groups in total. The van der Waals surface area contributed by atoms with E-state index in [1.54, 1.807) is 0 Å². The number of aliphatic carboxylic acids is 1. The molecule has 1 aliphatic heterocycles. The Bertz CT molecular complexity index is 557. The number of ether oxygens (including phenoxy) is 1. The summed E-state index contributed by atoms with van der Waals surface area (Å²) in [7, 11) is 0. The Morgan fingerprint density at radius 3 is 2.86 bits per heavy atom. The monoisotopic (exact) mass is 309 g/mol. The molecule has 2 unspecified atom stereocenters. The summed E-state index contributed by atoms with van der Waals surface area (Å²) in [5.41, 5.74) is 2.05. The lowest BCUT2D eigenvalue weighted by Gasteiger charge is -2.19. The summed E-state index contributed by atoms with van der Waals surface area (Å²) in [4.78, 5) is 11.1. The molecule has 114 valence electrons. The number of carbonyl (C=O) groups is 1. The number of carboxylic acids is 1. The Labute approximate surface area is 129 Å². The van der Waals surface area contributed by atoms with E-state index >= 15 is 0 Å². The Morgan fingerprint density at radius 1 is 1.48 bits per heavy atom. The molecule has 1 aromatic carbocycles. The first kappa shape index (κ1) is 14.7. The zero-order valence-corrected chi connectivity index (χ0v) is 12.8. The third kappa shape index (κ3) is 3.33. The van der Waals surface area contributed by atoms with E-state index in [1.165, 1.54) is 12.8 Å². The first-order valence-electron chi connectivity index (χ1n) is 7.43. The van der Waals surface area contributed by atoms with Crippen LogP contribution < -0.4 is 10.1 Å². The van der Waals surface area contributed by atoms with Crippen LogP contribution in [0.3, 0.4) is 0 Å². The van der Waals surface area contributed by atoms with Gasteiger partial charge in [-0.2, -0.15) is 0 Å². The van der Waals surface area contributed by atoms with Gasteiger partial charge in [-0.1, -0.05) is 17.7 Å². The zero-order valence-electron chi connectivity index (χ0n) is 12.1. The summed E-state index contributed by atoms with van der Waals surface area (Å²) in [6.45, 7) is 3.18. The molecule has 0 radical (unpaired) electrons. The van der Waals surface area contributed by atoms with Gasteiger partial charge in [0.05, 0.1) is 17.5 Å². The second kappa shape index (κ2) is 5.85. The molecule has 3 rings (SSSR count). The van der Waals surface area contributed by atoms with Crippen molar-refractivity contribution < 1.29 is 14.6 Å². The van der Waals surface area contributed by atoms with E-state index in [4.69, 9.17) is 21.4 Å². The lowest BCUT2D eigenvalue weighted by Crippen LogP contribution is -2.18. The smallest absolute Gasteiger partial charge is 0.307 e. The second-order valence-electron chi connectivity index (χ2n) is 6.15. The molecular weight excluding hydrogens is 290 g/mol. The third-order valence-electron chi connectivity index (χ3n) is 4.23. The molecule has 1 heterocycles. The minimum absolute atomic E-state index is 0.00213. The standard InChI is InChI=1S/C16H20ClNO3/c1-9-4-12(14-6-11(7-18-14)16(19)20)15(13(17)5-9)21-8-10-2-3-10/h4-5,10-11,14,18H,2-3,6-8H2,1H3,(H,19,20). The Morgan fingerprint density at radius 2 is 2.24 bits per heavy atom. The molecule has 0 amide bonds. The summed E-state index contributed by atoms with van der Waals surface area (Å²) < 4.78 is 5.94. The molecule has 1 aliphatic carbocycles. The summed E-state index contributed by atoms with van der Waals surface area (Å²) in [6, 6.07) is 3.95. The van der Waals surface area contributed by atoms with E-state index in [1.807, 2.05) is 13.0 Å². The second-order valence-corrected chi connectivity index (χ2v) is 6.56. The molecule has 5 heteroatoms. The molecule has 2 aliphatic rings. The summed E-state index contributed by atoms with van der Waals surface area (Å²) in [5, 5.41) is 13.0. The van der Waals surface area contributed by atoms with Gasteiger partial charge in [-0.05, 0) is 43.7 Å². The van der Waals surface area contributed by atoms with Crippen LogP contribution in [0.1, 0.15) is 36.4 Å². The zero-order chi connectivity index (χ0) is 15.0. The van der Waals surface area contributed by atoms with Crippen LogP contribution in [0.5, 0.6) is 5.75 Å². The highest BCUT2D eigenvalue weighted by Gasteiger charge is 2.33. The van der Waals surface area contributed by atoms with Crippen molar-refractivity contribution in [2.24, 2.45) is 11.8 Å². The maximum atomic E-state index is 11.1. The predicted molar refractivity (Wildman–Crippen MR) is 80.9 cm³/mol. The fraction of sp³-hybridized carbons (Fsp3) is 0.562. The SMILES string of the molecule is Cc1cc(Cl)c(OCC2CC2)c(C2CC(C(=O)O)CN2)c1. The molecule has 1 saturated heterocycles. The van der Waals surface area contributed by atoms with Gasteiger partial charge in [-0.25, -0.2) is 0 Å². The van der Waals surface area contributed by atoms with Gasteiger partial charge in [0.25, 0.3) is 0 Å². The lowest BCUT2D eigenvalue weighted by atomic mass is 9.98. The van der Waals surface area contributed by atoms with E-state index in [0.29, 0.717) is 30.5 Å². The highest BCUT2D eigenvalue weighted by atomic mass is 35.5. The van der Waals surface area contributed by atoms with E-state index in [-0.39, 0.29) is 12.0 Å². The first-order valence-corrected chi connectivity index (χ1v) is 7.81. The molecular formula is C16H20ClNO3. The number of aryl methyl sites for hydroxylation is 1. The molecule has 1 saturated carbocycles. The number of rotatable bonds is 5. The summed E-state index contributed by atoms with van der Waals surface area (Å²) >= 11 is 6.35. The largest absolute Gasteiger partial charge is 0.491 e. The van der Waals surface area contributed by atoms with Crippen molar-refractivity contribution in [3.63, 3.8) is 0 Å². The van der Waals surface area contributed by atoms with Crippen LogP contribution in [0, 0.1) is 18.8 Å². The number of hydrogen-bond donors (Lipinski definition) is 2. The van der Waals surface area contributed by atoms with Crippen LogP contribution in [0.2, 0.25) is 5.02 Å². The van der Waals surface area contributed by atoms with Crippen molar-refractivity contribution in [1.29, 1.82) is 0 Å². The van der Waals surface area contributed by atoms with Crippen LogP contribution >= 0.6 is 11.6 Å². The third-order valence-corrected chi connectivity index (χ3v) is 4.51. The molecule has 0 aromatic heterocycles. The van der Waals surface area contributed by atoms with Crippen LogP contribution in [-0.2, 0) is 4.79 Å². The van der Waals surface area contributed by atoms with Crippen molar-refractivity contribution in [2.75, 3.05) is 13.2 Å². The average Bonchev–Trinajstić information content (AvgIpc) is 3.11. The first-order chi connectivity index (χ1) is 10.0. The van der Waals surface area contributed by atoms with E-state index < -0.39 is 5.97 Å². The lowest BCUT2D eigenvalue weighted by molar-refractivity contribution is -0.141. The minimum Gasteiger partial charge on any atom is -0.491 e. The predicted octanol–water partition coefficient (Wildman–Crippen LogP) is 3.17. The topological polar surface area (TPSA) is 58.6 Å².